The Morgan fingerprint density at radius 3 is 3.12 bits per heavy atom. The summed E-state index contributed by atoms with van der Waals surface area (Å²) in [7, 11) is 0. The minimum Gasteiger partial charge on any atom is -0.330 e. The van der Waals surface area contributed by atoms with Gasteiger partial charge < -0.3 is 5.73 Å². The first-order valence-corrected chi connectivity index (χ1v) is 6.01. The van der Waals surface area contributed by atoms with Gasteiger partial charge in [0.25, 0.3) is 0 Å². The quantitative estimate of drug-likeness (QED) is 0.832. The Morgan fingerprint density at radius 2 is 2.44 bits per heavy atom. The van der Waals surface area contributed by atoms with Gasteiger partial charge in [0.2, 0.25) is 0 Å². The van der Waals surface area contributed by atoms with Crippen LogP contribution in [0.4, 0.5) is 0 Å². The van der Waals surface area contributed by atoms with Gasteiger partial charge in [-0.05, 0) is 38.8 Å². The van der Waals surface area contributed by atoms with E-state index >= 15 is 0 Å². The lowest BCUT2D eigenvalue weighted by Crippen LogP contribution is -2.40. The Hall–Kier alpha value is -1.00. The lowest BCUT2D eigenvalue weighted by atomic mass is 9.96. The second-order valence-electron chi connectivity index (χ2n) is 4.55. The fraction of sp³-hybridized carbons (Fsp3) is 0.667. The molecule has 0 amide bonds. The molecule has 0 aromatic carbocycles. The summed E-state index contributed by atoms with van der Waals surface area (Å²) in [5.41, 5.74) is 6.81. The number of aromatic nitrogens is 2. The van der Waals surface area contributed by atoms with Gasteiger partial charge in [-0.3, -0.25) is 14.9 Å². The maximum Gasteiger partial charge on any atom is 0.0755 e. The summed E-state index contributed by atoms with van der Waals surface area (Å²) in [6, 6.07) is 0.350. The maximum atomic E-state index is 5.75. The largest absolute Gasteiger partial charge is 0.330 e. The molecule has 1 aromatic heterocycles. The van der Waals surface area contributed by atoms with Crippen molar-refractivity contribution in [3.63, 3.8) is 0 Å². The lowest BCUT2D eigenvalue weighted by Gasteiger charge is -2.36. The highest BCUT2D eigenvalue weighted by atomic mass is 15.2. The molecule has 2 heterocycles. The Bertz CT molecular complexity index is 314. The van der Waals surface area contributed by atoms with Crippen molar-refractivity contribution in [3.05, 3.63) is 24.3 Å². The topological polar surface area (TPSA) is 55.0 Å². The monoisotopic (exact) mass is 220 g/mol. The summed E-state index contributed by atoms with van der Waals surface area (Å²) in [6.07, 6.45) is 7.84. The van der Waals surface area contributed by atoms with Crippen LogP contribution in [0.3, 0.4) is 0 Å². The van der Waals surface area contributed by atoms with Crippen LogP contribution in [-0.4, -0.2) is 34.5 Å². The third-order valence-electron chi connectivity index (χ3n) is 3.44. The van der Waals surface area contributed by atoms with Crippen molar-refractivity contribution in [2.45, 2.75) is 25.8 Å². The van der Waals surface area contributed by atoms with Gasteiger partial charge >= 0.3 is 0 Å². The van der Waals surface area contributed by atoms with E-state index in [0.29, 0.717) is 12.0 Å². The molecule has 0 radical (unpaired) electrons. The molecule has 0 bridgehead atoms. The van der Waals surface area contributed by atoms with E-state index in [1.807, 2.05) is 6.20 Å². The van der Waals surface area contributed by atoms with Gasteiger partial charge in [0, 0.05) is 25.1 Å². The Kier molecular flexibility index (Phi) is 3.85. The number of nitrogens with two attached hydrogens (primary N) is 1. The molecule has 1 aliphatic rings. The average Bonchev–Trinajstić information content (AvgIpc) is 2.39. The Morgan fingerprint density at radius 1 is 1.56 bits per heavy atom. The minimum atomic E-state index is 0.350. The van der Waals surface area contributed by atoms with Crippen molar-refractivity contribution in [1.82, 2.24) is 14.9 Å². The van der Waals surface area contributed by atoms with E-state index in [1.165, 1.54) is 12.8 Å². The fourth-order valence-electron chi connectivity index (χ4n) is 2.35. The van der Waals surface area contributed by atoms with Crippen LogP contribution in [0, 0.1) is 5.92 Å². The molecule has 2 atom stereocenters. The second-order valence-corrected chi connectivity index (χ2v) is 4.55. The predicted molar refractivity (Wildman–Crippen MR) is 63.8 cm³/mol. The van der Waals surface area contributed by atoms with E-state index < -0.39 is 0 Å². The van der Waals surface area contributed by atoms with E-state index in [2.05, 4.69) is 21.8 Å². The number of hydrogen-bond donors (Lipinski definition) is 1. The highest BCUT2D eigenvalue weighted by Gasteiger charge is 2.24. The molecular formula is C12H20N4. The molecule has 0 unspecified atom stereocenters. The van der Waals surface area contributed by atoms with Crippen LogP contribution in [0.2, 0.25) is 0 Å². The van der Waals surface area contributed by atoms with Crippen LogP contribution < -0.4 is 5.73 Å². The van der Waals surface area contributed by atoms with Crippen molar-refractivity contribution >= 4 is 0 Å². The van der Waals surface area contributed by atoms with Crippen LogP contribution >= 0.6 is 0 Å². The third kappa shape index (κ3) is 2.57. The highest BCUT2D eigenvalue weighted by molar-refractivity contribution is 5.01. The third-order valence-corrected chi connectivity index (χ3v) is 3.44. The molecule has 4 heteroatoms. The van der Waals surface area contributed by atoms with Crippen molar-refractivity contribution in [3.8, 4) is 0 Å². The van der Waals surface area contributed by atoms with Gasteiger partial charge in [-0.15, -0.1) is 0 Å². The van der Waals surface area contributed by atoms with Gasteiger partial charge in [0.1, 0.15) is 0 Å². The van der Waals surface area contributed by atoms with E-state index in [4.69, 9.17) is 5.73 Å². The summed E-state index contributed by atoms with van der Waals surface area (Å²) < 4.78 is 0. The summed E-state index contributed by atoms with van der Waals surface area (Å²) in [6.45, 7) is 5.23. The number of hydrogen-bond acceptors (Lipinski definition) is 4. The minimum absolute atomic E-state index is 0.350. The van der Waals surface area contributed by atoms with Crippen LogP contribution in [0.15, 0.2) is 18.6 Å². The molecule has 0 saturated carbocycles. The number of nitrogens with zero attached hydrogens (tertiary/aromatic N) is 3. The lowest BCUT2D eigenvalue weighted by molar-refractivity contribution is 0.132. The zero-order valence-corrected chi connectivity index (χ0v) is 9.84. The van der Waals surface area contributed by atoms with Gasteiger partial charge in [-0.25, -0.2) is 0 Å². The fourth-order valence-corrected chi connectivity index (χ4v) is 2.35. The molecule has 1 aromatic rings. The molecule has 2 rings (SSSR count). The van der Waals surface area contributed by atoms with Gasteiger partial charge in [0.15, 0.2) is 0 Å². The van der Waals surface area contributed by atoms with E-state index in [1.54, 1.807) is 12.4 Å². The van der Waals surface area contributed by atoms with Crippen LogP contribution in [0.5, 0.6) is 0 Å². The van der Waals surface area contributed by atoms with Gasteiger partial charge in [0.05, 0.1) is 11.7 Å². The number of rotatable bonds is 3. The Labute approximate surface area is 96.9 Å². The van der Waals surface area contributed by atoms with Crippen molar-refractivity contribution in [2.75, 3.05) is 19.6 Å². The SMILES string of the molecule is C[C@@H](c1cnccn1)N1CCC[C@H](CN)C1. The average molecular weight is 220 g/mol. The molecule has 0 spiro atoms. The first kappa shape index (κ1) is 11.5. The summed E-state index contributed by atoms with van der Waals surface area (Å²) >= 11 is 0. The van der Waals surface area contributed by atoms with Crippen molar-refractivity contribution < 1.29 is 0 Å². The maximum absolute atomic E-state index is 5.75. The van der Waals surface area contributed by atoms with Crippen molar-refractivity contribution in [1.29, 1.82) is 0 Å². The van der Waals surface area contributed by atoms with E-state index in [0.717, 1.165) is 25.3 Å². The zero-order valence-electron chi connectivity index (χ0n) is 9.84. The van der Waals surface area contributed by atoms with Gasteiger partial charge in [-0.1, -0.05) is 0 Å². The zero-order chi connectivity index (χ0) is 11.4. The van der Waals surface area contributed by atoms with Crippen LogP contribution in [-0.2, 0) is 0 Å². The summed E-state index contributed by atoms with van der Waals surface area (Å²) in [4.78, 5) is 11.0. The molecule has 1 aliphatic heterocycles. The normalized spacial score (nSPS) is 24.2. The first-order chi connectivity index (χ1) is 7.81. The van der Waals surface area contributed by atoms with Crippen LogP contribution in [0.25, 0.3) is 0 Å². The standard InChI is InChI=1S/C12H20N4/c1-10(12-8-14-4-5-15-12)16-6-2-3-11(7-13)9-16/h4-5,8,10-11H,2-3,6-7,9,13H2,1H3/t10-,11+/m0/s1. The second kappa shape index (κ2) is 5.37. The molecule has 1 saturated heterocycles. The van der Waals surface area contributed by atoms with Gasteiger partial charge in [-0.2, -0.15) is 0 Å². The van der Waals surface area contributed by atoms with E-state index in [9.17, 15) is 0 Å². The summed E-state index contributed by atoms with van der Waals surface area (Å²) in [5, 5.41) is 0. The van der Waals surface area contributed by atoms with E-state index in [-0.39, 0.29) is 0 Å². The molecular weight excluding hydrogens is 200 g/mol. The molecule has 4 nitrogen and oxygen atoms in total. The summed E-state index contributed by atoms with van der Waals surface area (Å²) in [5.74, 6) is 0.646. The van der Waals surface area contributed by atoms with Crippen molar-refractivity contribution in [2.24, 2.45) is 11.7 Å². The molecule has 0 aliphatic carbocycles. The van der Waals surface area contributed by atoms with Crippen LogP contribution in [0.1, 0.15) is 31.5 Å². The molecule has 88 valence electrons. The Balaban J connectivity index is 2.01. The molecule has 16 heavy (non-hydrogen) atoms. The highest BCUT2D eigenvalue weighted by Crippen LogP contribution is 2.24. The predicted octanol–water partition coefficient (Wildman–Crippen LogP) is 1.21. The smallest absolute Gasteiger partial charge is 0.0755 e. The molecule has 2 N–H and O–H groups in total. The number of likely N-dealkylation sites (tertiary alicyclic amines) is 1. The number of piperidine rings is 1. The molecule has 1 fully saturated rings. The first-order valence-electron chi connectivity index (χ1n) is 6.01.